The van der Waals surface area contributed by atoms with Gasteiger partial charge in [0.1, 0.15) is 0 Å². The zero-order valence-electron chi connectivity index (χ0n) is 10.7. The maximum absolute atomic E-state index is 11.8. The van der Waals surface area contributed by atoms with Gasteiger partial charge in [-0.2, -0.15) is 0 Å². The first-order valence-electron chi connectivity index (χ1n) is 6.05. The summed E-state index contributed by atoms with van der Waals surface area (Å²) >= 11 is 1.58. The van der Waals surface area contributed by atoms with Crippen LogP contribution >= 0.6 is 11.3 Å². The topological polar surface area (TPSA) is 42.2 Å². The molecule has 0 aliphatic heterocycles. The lowest BCUT2D eigenvalue weighted by Gasteiger charge is -2.06. The Labute approximate surface area is 116 Å². The van der Waals surface area contributed by atoms with Gasteiger partial charge in [-0.1, -0.05) is 17.9 Å². The fourth-order valence-corrected chi connectivity index (χ4v) is 2.59. The molecule has 98 valence electrons. The van der Waals surface area contributed by atoms with Gasteiger partial charge in [-0.05, 0) is 25.1 Å². The number of rotatable bonds is 3. The summed E-state index contributed by atoms with van der Waals surface area (Å²) in [6.45, 7) is 2.60. The normalized spacial score (nSPS) is 10.0. The number of aliphatic hydroxyl groups is 1. The average molecular weight is 273 g/mol. The van der Waals surface area contributed by atoms with Crippen molar-refractivity contribution < 1.29 is 5.11 Å². The molecule has 0 unspecified atom stereocenters. The summed E-state index contributed by atoms with van der Waals surface area (Å²) in [5.74, 6) is 5.90. The van der Waals surface area contributed by atoms with E-state index in [9.17, 15) is 4.79 Å². The van der Waals surface area contributed by atoms with Crippen LogP contribution in [0.25, 0.3) is 0 Å². The minimum atomic E-state index is 0.0151. The van der Waals surface area contributed by atoms with Crippen molar-refractivity contribution in [2.24, 2.45) is 0 Å². The Morgan fingerprint density at radius 1 is 1.32 bits per heavy atom. The smallest absolute Gasteiger partial charge is 0.251 e. The summed E-state index contributed by atoms with van der Waals surface area (Å²) < 4.78 is 1.75. The van der Waals surface area contributed by atoms with Crippen molar-refractivity contribution in [1.82, 2.24) is 4.57 Å². The highest BCUT2D eigenvalue weighted by Crippen LogP contribution is 2.16. The van der Waals surface area contributed by atoms with E-state index in [1.54, 1.807) is 28.0 Å². The summed E-state index contributed by atoms with van der Waals surface area (Å²) in [5.41, 5.74) is 0.968. The van der Waals surface area contributed by atoms with Crippen molar-refractivity contribution in [2.45, 2.75) is 19.9 Å². The number of thiophene rings is 1. The fourth-order valence-electron chi connectivity index (χ4n) is 1.72. The molecule has 1 N–H and O–H groups in total. The van der Waals surface area contributed by atoms with Gasteiger partial charge in [0.15, 0.2) is 0 Å². The van der Waals surface area contributed by atoms with Gasteiger partial charge in [-0.25, -0.2) is 0 Å². The van der Waals surface area contributed by atoms with Crippen LogP contribution < -0.4 is 5.56 Å². The maximum Gasteiger partial charge on any atom is 0.251 e. The van der Waals surface area contributed by atoms with Crippen molar-refractivity contribution in [3.8, 4) is 11.8 Å². The molecule has 2 aromatic rings. The lowest BCUT2D eigenvalue weighted by Crippen LogP contribution is -2.20. The molecule has 0 aliphatic rings. The van der Waals surface area contributed by atoms with Crippen LogP contribution in [-0.2, 0) is 6.54 Å². The number of pyridine rings is 1. The van der Waals surface area contributed by atoms with Gasteiger partial charge in [-0.3, -0.25) is 4.79 Å². The van der Waals surface area contributed by atoms with Crippen LogP contribution in [0.2, 0.25) is 0 Å². The highest BCUT2D eigenvalue weighted by Gasteiger charge is 2.03. The molecule has 0 aliphatic carbocycles. The second-order valence-corrected chi connectivity index (χ2v) is 5.30. The molecule has 0 atom stereocenters. The highest BCUT2D eigenvalue weighted by atomic mass is 32.1. The molecule has 0 bridgehead atoms. The number of aliphatic hydroxyl groups excluding tert-OH is 1. The molecule has 2 rings (SSSR count). The Hall–Kier alpha value is -1.83. The molecular formula is C15H15NO2S. The number of nitrogens with zero attached hydrogens (tertiary/aromatic N) is 1. The summed E-state index contributed by atoms with van der Waals surface area (Å²) in [6, 6.07) is 9.22. The second-order valence-electron chi connectivity index (χ2n) is 4.13. The zero-order chi connectivity index (χ0) is 13.7. The van der Waals surface area contributed by atoms with Crippen LogP contribution in [0.4, 0.5) is 0 Å². The number of hydrogen-bond donors (Lipinski definition) is 1. The molecule has 2 heterocycles. The van der Waals surface area contributed by atoms with Crippen LogP contribution in [0.5, 0.6) is 0 Å². The number of hydrogen-bond acceptors (Lipinski definition) is 3. The molecule has 19 heavy (non-hydrogen) atoms. The van der Waals surface area contributed by atoms with Gasteiger partial charge in [-0.15, -0.1) is 11.3 Å². The predicted molar refractivity (Wildman–Crippen MR) is 77.4 cm³/mol. The van der Waals surface area contributed by atoms with Crippen LogP contribution in [0.3, 0.4) is 0 Å². The van der Waals surface area contributed by atoms with E-state index in [2.05, 4.69) is 11.8 Å². The molecule has 0 saturated carbocycles. The summed E-state index contributed by atoms with van der Waals surface area (Å²) in [5, 5.41) is 8.67. The first-order chi connectivity index (χ1) is 9.20. The third-order valence-electron chi connectivity index (χ3n) is 2.69. The van der Waals surface area contributed by atoms with Gasteiger partial charge in [0, 0.05) is 23.1 Å². The Kier molecular flexibility index (Phi) is 4.56. The summed E-state index contributed by atoms with van der Waals surface area (Å²) in [6.07, 6.45) is 0.491. The molecule has 0 spiro atoms. The molecule has 0 amide bonds. The van der Waals surface area contributed by atoms with Gasteiger partial charge in [0.25, 0.3) is 5.56 Å². The van der Waals surface area contributed by atoms with Gasteiger partial charge in [0.05, 0.1) is 18.0 Å². The lowest BCUT2D eigenvalue weighted by atomic mass is 10.3. The van der Waals surface area contributed by atoms with Crippen molar-refractivity contribution in [3.63, 3.8) is 0 Å². The third kappa shape index (κ3) is 3.57. The quantitative estimate of drug-likeness (QED) is 0.869. The monoisotopic (exact) mass is 273 g/mol. The molecule has 4 heteroatoms. The molecular weight excluding hydrogens is 258 g/mol. The molecule has 0 aromatic carbocycles. The van der Waals surface area contributed by atoms with Crippen LogP contribution in [0.15, 0.2) is 35.1 Å². The Bertz CT molecular complexity index is 673. The first-order valence-corrected chi connectivity index (χ1v) is 6.87. The Morgan fingerprint density at radius 3 is 2.89 bits per heavy atom. The van der Waals surface area contributed by atoms with Crippen molar-refractivity contribution in [3.05, 3.63) is 56.1 Å². The summed E-state index contributed by atoms with van der Waals surface area (Å²) in [4.78, 5) is 13.8. The van der Waals surface area contributed by atoms with Gasteiger partial charge >= 0.3 is 0 Å². The van der Waals surface area contributed by atoms with Gasteiger partial charge in [0.2, 0.25) is 0 Å². The number of aryl methyl sites for hydroxylation is 1. The first kappa shape index (κ1) is 13.6. The molecule has 3 nitrogen and oxygen atoms in total. The number of aromatic nitrogens is 1. The largest absolute Gasteiger partial charge is 0.395 e. The van der Waals surface area contributed by atoms with Crippen molar-refractivity contribution >= 4 is 11.3 Å². The van der Waals surface area contributed by atoms with Gasteiger partial charge < -0.3 is 9.67 Å². The molecule has 0 radical (unpaired) electrons. The van der Waals surface area contributed by atoms with E-state index in [0.717, 1.165) is 15.4 Å². The third-order valence-corrected chi connectivity index (χ3v) is 3.68. The van der Waals surface area contributed by atoms with E-state index >= 15 is 0 Å². The molecule has 2 aromatic heterocycles. The van der Waals surface area contributed by atoms with E-state index < -0.39 is 0 Å². The van der Waals surface area contributed by atoms with Crippen LogP contribution in [0.1, 0.15) is 21.9 Å². The summed E-state index contributed by atoms with van der Waals surface area (Å²) in [7, 11) is 0. The SMILES string of the molecule is Cc1cccc(=O)n1Cc1ccc(C#CCCO)s1. The van der Waals surface area contributed by atoms with E-state index in [4.69, 9.17) is 5.11 Å². The fraction of sp³-hybridized carbons (Fsp3) is 0.267. The zero-order valence-corrected chi connectivity index (χ0v) is 11.5. The highest BCUT2D eigenvalue weighted by molar-refractivity contribution is 7.12. The minimum Gasteiger partial charge on any atom is -0.395 e. The van der Waals surface area contributed by atoms with E-state index in [1.165, 1.54) is 0 Å². The Balaban J connectivity index is 2.17. The minimum absolute atomic E-state index is 0.0151. The second kappa shape index (κ2) is 6.37. The van der Waals surface area contributed by atoms with Crippen LogP contribution in [-0.4, -0.2) is 16.3 Å². The average Bonchev–Trinajstić information content (AvgIpc) is 2.82. The standard InChI is InChI=1S/C15H15NO2S/c1-12-5-4-7-15(18)16(12)11-14-9-8-13(19-14)6-2-3-10-17/h4-5,7-9,17H,3,10-11H2,1H3. The molecule has 0 saturated heterocycles. The predicted octanol–water partition coefficient (Wildman–Crippen LogP) is 2.00. The van der Waals surface area contributed by atoms with E-state index in [1.807, 2.05) is 25.1 Å². The lowest BCUT2D eigenvalue weighted by molar-refractivity contribution is 0.305. The van der Waals surface area contributed by atoms with Crippen LogP contribution in [0, 0.1) is 18.8 Å². The molecule has 0 fully saturated rings. The maximum atomic E-state index is 11.8. The van der Waals surface area contributed by atoms with Crippen molar-refractivity contribution in [1.29, 1.82) is 0 Å². The van der Waals surface area contributed by atoms with E-state index in [-0.39, 0.29) is 12.2 Å². The van der Waals surface area contributed by atoms with Crippen molar-refractivity contribution in [2.75, 3.05) is 6.61 Å². The Morgan fingerprint density at radius 2 is 2.16 bits per heavy atom. The van der Waals surface area contributed by atoms with E-state index in [0.29, 0.717) is 13.0 Å².